The maximum absolute atomic E-state index is 13.6. The lowest BCUT2D eigenvalue weighted by atomic mass is 9.97. The van der Waals surface area contributed by atoms with E-state index in [0.29, 0.717) is 13.2 Å². The van der Waals surface area contributed by atoms with Gasteiger partial charge in [0.1, 0.15) is 10.8 Å². The molecular weight excluding hydrogens is 391 g/mol. The van der Waals surface area contributed by atoms with E-state index in [1.807, 2.05) is 12.1 Å². The number of hydrogen-bond acceptors (Lipinski definition) is 5. The molecule has 1 aliphatic rings. The van der Waals surface area contributed by atoms with Crippen LogP contribution >= 0.6 is 11.3 Å². The number of furan rings is 1. The summed E-state index contributed by atoms with van der Waals surface area (Å²) in [5.74, 6) is -0.270. The number of carbonyl (C=O) groups is 1. The highest BCUT2D eigenvalue weighted by Crippen LogP contribution is 2.40. The molecule has 5 nitrogen and oxygen atoms in total. The van der Waals surface area contributed by atoms with Crippen LogP contribution in [0.3, 0.4) is 0 Å². The number of halogens is 1. The summed E-state index contributed by atoms with van der Waals surface area (Å²) in [4.78, 5) is 16.1. The van der Waals surface area contributed by atoms with E-state index in [1.54, 1.807) is 23.5 Å². The minimum absolute atomic E-state index is 0.0945. The smallest absolute Gasteiger partial charge is 0.291 e. The molecule has 3 heterocycles. The zero-order valence-electron chi connectivity index (χ0n) is 16.2. The Morgan fingerprint density at radius 1 is 1.24 bits per heavy atom. The number of benzene rings is 1. The lowest BCUT2D eigenvalue weighted by molar-refractivity contribution is 0.0241. The quantitative estimate of drug-likeness (QED) is 0.634. The summed E-state index contributed by atoms with van der Waals surface area (Å²) in [5.41, 5.74) is 2.00. The molecule has 7 heteroatoms. The van der Waals surface area contributed by atoms with Gasteiger partial charge < -0.3 is 14.5 Å². The monoisotopic (exact) mass is 414 g/mol. The van der Waals surface area contributed by atoms with Gasteiger partial charge in [0.25, 0.3) is 5.91 Å². The zero-order chi connectivity index (χ0) is 20.2. The van der Waals surface area contributed by atoms with Gasteiger partial charge in [0.05, 0.1) is 25.5 Å². The lowest BCUT2D eigenvalue weighted by Gasteiger charge is -2.35. The van der Waals surface area contributed by atoms with E-state index in [9.17, 15) is 9.18 Å². The molecule has 152 valence electrons. The predicted octanol–water partition coefficient (Wildman–Crippen LogP) is 4.72. The number of rotatable bonds is 6. The van der Waals surface area contributed by atoms with Crippen molar-refractivity contribution in [3.8, 4) is 0 Å². The van der Waals surface area contributed by atoms with Gasteiger partial charge >= 0.3 is 0 Å². The molecule has 1 N–H and O–H groups in total. The number of carbonyl (C=O) groups excluding carboxylic acids is 1. The third-order valence-electron chi connectivity index (χ3n) is 5.02. The van der Waals surface area contributed by atoms with Crippen LogP contribution in [0.1, 0.15) is 39.5 Å². The Kier molecular flexibility index (Phi) is 6.08. The standard InChI is InChI=1S/C22H23FN2O3S/c1-2-17-14-18(22(29-17)24-21(26)19-4-3-11-28-19)20(25-9-12-27-13-10-25)15-5-7-16(23)8-6-15/h3-8,11,14,20H,2,9-10,12-13H2,1H3,(H,24,26)/t20-/m1/s1. The Morgan fingerprint density at radius 2 is 2.00 bits per heavy atom. The summed E-state index contributed by atoms with van der Waals surface area (Å²) in [5, 5.41) is 3.82. The molecule has 1 saturated heterocycles. The van der Waals surface area contributed by atoms with Crippen molar-refractivity contribution in [3.63, 3.8) is 0 Å². The summed E-state index contributed by atoms with van der Waals surface area (Å²) in [6, 6.07) is 12.0. The van der Waals surface area contributed by atoms with Crippen LogP contribution in [-0.4, -0.2) is 37.1 Å². The van der Waals surface area contributed by atoms with E-state index < -0.39 is 0 Å². The molecule has 0 aliphatic carbocycles. The number of nitrogens with one attached hydrogen (secondary N) is 1. The van der Waals surface area contributed by atoms with E-state index in [1.165, 1.54) is 23.3 Å². The molecule has 1 aromatic carbocycles. The van der Waals surface area contributed by atoms with Gasteiger partial charge in [-0.05, 0) is 42.3 Å². The Hall–Kier alpha value is -2.48. The minimum atomic E-state index is -0.277. The van der Waals surface area contributed by atoms with Crippen LogP contribution in [-0.2, 0) is 11.2 Å². The number of amides is 1. The number of anilines is 1. The van der Waals surface area contributed by atoms with Crippen LogP contribution in [0, 0.1) is 5.82 Å². The van der Waals surface area contributed by atoms with Gasteiger partial charge in [0, 0.05) is 23.5 Å². The third-order valence-corrected chi connectivity index (χ3v) is 6.23. The summed E-state index contributed by atoms with van der Waals surface area (Å²) in [6.07, 6.45) is 2.35. The average molecular weight is 415 g/mol. The van der Waals surface area contributed by atoms with E-state index in [0.717, 1.165) is 35.6 Å². The van der Waals surface area contributed by atoms with Gasteiger partial charge in [-0.2, -0.15) is 0 Å². The van der Waals surface area contributed by atoms with Crippen molar-refractivity contribution in [1.82, 2.24) is 4.90 Å². The van der Waals surface area contributed by atoms with Crippen molar-refractivity contribution in [2.45, 2.75) is 19.4 Å². The van der Waals surface area contributed by atoms with Gasteiger partial charge in [-0.3, -0.25) is 9.69 Å². The fourth-order valence-electron chi connectivity index (χ4n) is 3.57. The highest BCUT2D eigenvalue weighted by atomic mass is 32.1. The topological polar surface area (TPSA) is 54.7 Å². The molecule has 29 heavy (non-hydrogen) atoms. The van der Waals surface area contributed by atoms with Crippen LogP contribution in [0.5, 0.6) is 0 Å². The van der Waals surface area contributed by atoms with Gasteiger partial charge in [-0.25, -0.2) is 4.39 Å². The van der Waals surface area contributed by atoms with Crippen LogP contribution < -0.4 is 5.32 Å². The highest BCUT2D eigenvalue weighted by molar-refractivity contribution is 7.16. The van der Waals surface area contributed by atoms with Gasteiger partial charge in [-0.1, -0.05) is 19.1 Å². The molecule has 0 spiro atoms. The molecule has 0 bridgehead atoms. The van der Waals surface area contributed by atoms with E-state index in [4.69, 9.17) is 9.15 Å². The van der Waals surface area contributed by atoms with Crippen molar-refractivity contribution in [3.05, 3.63) is 76.3 Å². The second-order valence-electron chi connectivity index (χ2n) is 6.88. The summed E-state index contributed by atoms with van der Waals surface area (Å²) >= 11 is 1.57. The van der Waals surface area contributed by atoms with Crippen LogP contribution in [0.15, 0.2) is 53.1 Å². The Balaban J connectivity index is 1.73. The van der Waals surface area contributed by atoms with Crippen molar-refractivity contribution in [1.29, 1.82) is 0 Å². The molecule has 1 amide bonds. The molecule has 2 aromatic heterocycles. The van der Waals surface area contributed by atoms with Crippen molar-refractivity contribution in [2.75, 3.05) is 31.6 Å². The summed E-state index contributed by atoms with van der Waals surface area (Å²) in [7, 11) is 0. The fraction of sp³-hybridized carbons (Fsp3) is 0.318. The Labute approximate surface area is 173 Å². The number of nitrogens with zero attached hydrogens (tertiary/aromatic N) is 1. The minimum Gasteiger partial charge on any atom is -0.459 e. The molecule has 1 fully saturated rings. The maximum Gasteiger partial charge on any atom is 0.291 e. The zero-order valence-corrected chi connectivity index (χ0v) is 17.0. The first-order valence-electron chi connectivity index (χ1n) is 9.70. The third kappa shape index (κ3) is 4.42. The number of thiophene rings is 1. The number of aryl methyl sites for hydroxylation is 1. The summed E-state index contributed by atoms with van der Waals surface area (Å²) in [6.45, 7) is 4.93. The Bertz CT molecular complexity index is 947. The molecule has 0 unspecified atom stereocenters. The molecule has 1 aliphatic heterocycles. The first-order valence-corrected chi connectivity index (χ1v) is 10.5. The Morgan fingerprint density at radius 3 is 2.66 bits per heavy atom. The van der Waals surface area contributed by atoms with Crippen LogP contribution in [0.4, 0.5) is 9.39 Å². The van der Waals surface area contributed by atoms with Gasteiger partial charge in [0.15, 0.2) is 5.76 Å². The van der Waals surface area contributed by atoms with Crippen LogP contribution in [0.2, 0.25) is 0 Å². The normalized spacial score (nSPS) is 15.9. The molecule has 0 saturated carbocycles. The van der Waals surface area contributed by atoms with Crippen molar-refractivity contribution < 1.29 is 18.3 Å². The molecule has 4 rings (SSSR count). The molecule has 3 aromatic rings. The first-order chi connectivity index (χ1) is 14.2. The largest absolute Gasteiger partial charge is 0.459 e. The van der Waals surface area contributed by atoms with Crippen LogP contribution in [0.25, 0.3) is 0 Å². The molecular formula is C22H23FN2O3S. The van der Waals surface area contributed by atoms with E-state index in [-0.39, 0.29) is 23.5 Å². The van der Waals surface area contributed by atoms with Gasteiger partial charge in [-0.15, -0.1) is 11.3 Å². The summed E-state index contributed by atoms with van der Waals surface area (Å²) < 4.78 is 24.3. The number of hydrogen-bond donors (Lipinski definition) is 1. The number of morpholine rings is 1. The maximum atomic E-state index is 13.6. The highest BCUT2D eigenvalue weighted by Gasteiger charge is 2.29. The first kappa shape index (κ1) is 19.8. The second-order valence-corrected chi connectivity index (χ2v) is 8.02. The SMILES string of the molecule is CCc1cc([C@@H](c2ccc(F)cc2)N2CCOCC2)c(NC(=O)c2ccco2)s1. The fourth-order valence-corrected chi connectivity index (χ4v) is 4.60. The van der Waals surface area contributed by atoms with Gasteiger partial charge in [0.2, 0.25) is 0 Å². The molecule has 1 atom stereocenters. The van der Waals surface area contributed by atoms with Crippen molar-refractivity contribution >= 4 is 22.2 Å². The second kappa shape index (κ2) is 8.90. The molecule has 0 radical (unpaired) electrons. The van der Waals surface area contributed by atoms with E-state index in [2.05, 4.69) is 23.2 Å². The van der Waals surface area contributed by atoms with E-state index >= 15 is 0 Å². The van der Waals surface area contributed by atoms with Crippen molar-refractivity contribution in [2.24, 2.45) is 0 Å². The number of ether oxygens (including phenoxy) is 1. The average Bonchev–Trinajstić information content (AvgIpc) is 3.41. The predicted molar refractivity (Wildman–Crippen MR) is 111 cm³/mol. The lowest BCUT2D eigenvalue weighted by Crippen LogP contribution is -2.39.